The van der Waals surface area contributed by atoms with Crippen LogP contribution < -0.4 is 10.6 Å². The van der Waals surface area contributed by atoms with Gasteiger partial charge in [0.05, 0.1) is 6.04 Å². The fourth-order valence-electron chi connectivity index (χ4n) is 2.87. The van der Waals surface area contributed by atoms with Crippen LogP contribution in [0.4, 0.5) is 4.39 Å². The third-order valence-electron chi connectivity index (χ3n) is 4.04. The van der Waals surface area contributed by atoms with Crippen LogP contribution in [0.2, 0.25) is 0 Å². The highest BCUT2D eigenvalue weighted by Gasteiger charge is 2.29. The summed E-state index contributed by atoms with van der Waals surface area (Å²) in [5.41, 5.74) is 1.88. The fraction of sp³-hybridized carbons (Fsp3) is 0.529. The third kappa shape index (κ3) is 4.28. The van der Waals surface area contributed by atoms with Crippen LogP contribution in [0.25, 0.3) is 0 Å². The molecular formula is C17H23FN2O3. The first kappa shape index (κ1) is 17.4. The summed E-state index contributed by atoms with van der Waals surface area (Å²) >= 11 is 0. The number of ether oxygens (including phenoxy) is 1. The Bertz CT molecular complexity index is 589. The standard InChI is InChI=1S/C17H23FN2O3/c1-10(2)16(20-15(21)9-23-3)17(22)19-14-7-5-11-4-6-12(18)8-13(11)14/h4,6,8,10,14,16H,5,7,9H2,1-3H3,(H,19,22)(H,20,21)/t14-,16+/m1/s1. The van der Waals surface area contributed by atoms with Gasteiger partial charge in [-0.2, -0.15) is 0 Å². The van der Waals surface area contributed by atoms with Gasteiger partial charge in [0.1, 0.15) is 18.5 Å². The Morgan fingerprint density at radius 1 is 1.39 bits per heavy atom. The van der Waals surface area contributed by atoms with Crippen molar-refractivity contribution in [3.8, 4) is 0 Å². The highest BCUT2D eigenvalue weighted by Crippen LogP contribution is 2.31. The van der Waals surface area contributed by atoms with E-state index in [1.54, 1.807) is 6.07 Å². The minimum Gasteiger partial charge on any atom is -0.375 e. The predicted octanol–water partition coefficient (Wildman–Crippen LogP) is 1.72. The number of benzene rings is 1. The lowest BCUT2D eigenvalue weighted by atomic mass is 10.0. The number of aryl methyl sites for hydroxylation is 1. The highest BCUT2D eigenvalue weighted by atomic mass is 19.1. The Morgan fingerprint density at radius 2 is 2.13 bits per heavy atom. The van der Waals surface area contributed by atoms with E-state index in [0.29, 0.717) is 0 Å². The van der Waals surface area contributed by atoms with E-state index in [0.717, 1.165) is 24.0 Å². The molecule has 0 aromatic heterocycles. The molecule has 1 aliphatic rings. The van der Waals surface area contributed by atoms with Crippen LogP contribution in [0, 0.1) is 11.7 Å². The van der Waals surface area contributed by atoms with E-state index in [9.17, 15) is 14.0 Å². The summed E-state index contributed by atoms with van der Waals surface area (Å²) in [7, 11) is 1.42. The zero-order valence-corrected chi connectivity index (χ0v) is 13.7. The second-order valence-corrected chi connectivity index (χ2v) is 6.17. The van der Waals surface area contributed by atoms with Gasteiger partial charge in [-0.15, -0.1) is 0 Å². The Labute approximate surface area is 135 Å². The SMILES string of the molecule is COCC(=O)N[C@H](C(=O)N[C@@H]1CCc2ccc(F)cc21)C(C)C. The van der Waals surface area contributed by atoms with Crippen molar-refractivity contribution < 1.29 is 18.7 Å². The normalized spacial score (nSPS) is 17.7. The zero-order chi connectivity index (χ0) is 17.0. The zero-order valence-electron chi connectivity index (χ0n) is 13.7. The molecule has 0 spiro atoms. The molecule has 2 N–H and O–H groups in total. The van der Waals surface area contributed by atoms with Gasteiger partial charge < -0.3 is 15.4 Å². The first-order chi connectivity index (χ1) is 10.9. The molecular weight excluding hydrogens is 299 g/mol. The van der Waals surface area contributed by atoms with Gasteiger partial charge in [0.25, 0.3) is 0 Å². The molecule has 2 atom stereocenters. The molecule has 1 aromatic carbocycles. The summed E-state index contributed by atoms with van der Waals surface area (Å²) < 4.78 is 18.2. The minimum absolute atomic E-state index is 0.0656. The fourth-order valence-corrected chi connectivity index (χ4v) is 2.87. The number of halogens is 1. The molecule has 0 aliphatic heterocycles. The van der Waals surface area contributed by atoms with Crippen molar-refractivity contribution in [1.29, 1.82) is 0 Å². The van der Waals surface area contributed by atoms with Gasteiger partial charge in [-0.25, -0.2) is 4.39 Å². The number of carbonyl (C=O) groups excluding carboxylic acids is 2. The lowest BCUT2D eigenvalue weighted by Crippen LogP contribution is -2.51. The van der Waals surface area contributed by atoms with E-state index in [-0.39, 0.29) is 36.2 Å². The molecule has 0 saturated heterocycles. The van der Waals surface area contributed by atoms with E-state index in [1.807, 2.05) is 13.8 Å². The van der Waals surface area contributed by atoms with Crippen LogP contribution in [0.5, 0.6) is 0 Å². The maximum Gasteiger partial charge on any atom is 0.246 e. The van der Waals surface area contributed by atoms with E-state index in [2.05, 4.69) is 10.6 Å². The van der Waals surface area contributed by atoms with Crippen LogP contribution in [-0.4, -0.2) is 31.6 Å². The predicted molar refractivity (Wildman–Crippen MR) is 84.2 cm³/mol. The number of nitrogens with one attached hydrogen (secondary N) is 2. The van der Waals surface area contributed by atoms with Gasteiger partial charge in [0.2, 0.25) is 11.8 Å². The molecule has 23 heavy (non-hydrogen) atoms. The van der Waals surface area contributed by atoms with Crippen molar-refractivity contribution in [2.75, 3.05) is 13.7 Å². The van der Waals surface area contributed by atoms with Gasteiger partial charge in [-0.05, 0) is 42.0 Å². The average molecular weight is 322 g/mol. The van der Waals surface area contributed by atoms with E-state index in [4.69, 9.17) is 4.74 Å². The number of carbonyl (C=O) groups is 2. The van der Waals surface area contributed by atoms with Crippen molar-refractivity contribution in [2.45, 2.75) is 38.8 Å². The second-order valence-electron chi connectivity index (χ2n) is 6.17. The lowest BCUT2D eigenvalue weighted by molar-refractivity contribution is -0.132. The number of hydrogen-bond donors (Lipinski definition) is 2. The molecule has 1 aromatic rings. The number of rotatable bonds is 6. The van der Waals surface area contributed by atoms with Crippen molar-refractivity contribution in [2.24, 2.45) is 5.92 Å². The number of hydrogen-bond acceptors (Lipinski definition) is 3. The summed E-state index contributed by atoms with van der Waals surface area (Å²) in [6, 6.07) is 3.81. The van der Waals surface area contributed by atoms with Crippen LogP contribution in [-0.2, 0) is 20.7 Å². The maximum absolute atomic E-state index is 13.4. The van der Waals surface area contributed by atoms with Crippen LogP contribution in [0.1, 0.15) is 37.4 Å². The molecule has 0 unspecified atom stereocenters. The quantitative estimate of drug-likeness (QED) is 0.838. The topological polar surface area (TPSA) is 67.4 Å². The highest BCUT2D eigenvalue weighted by molar-refractivity contribution is 5.88. The summed E-state index contributed by atoms with van der Waals surface area (Å²) in [5.74, 6) is -0.964. The molecule has 0 bridgehead atoms. The summed E-state index contributed by atoms with van der Waals surface area (Å²) in [6.45, 7) is 3.63. The largest absolute Gasteiger partial charge is 0.375 e. The first-order valence-electron chi connectivity index (χ1n) is 7.79. The van der Waals surface area contributed by atoms with Gasteiger partial charge in [-0.1, -0.05) is 19.9 Å². The monoisotopic (exact) mass is 322 g/mol. The molecule has 6 heteroatoms. The molecule has 1 aliphatic carbocycles. The average Bonchev–Trinajstić information content (AvgIpc) is 2.87. The summed E-state index contributed by atoms with van der Waals surface area (Å²) in [4.78, 5) is 24.2. The van der Waals surface area contributed by atoms with Crippen molar-refractivity contribution in [3.63, 3.8) is 0 Å². The van der Waals surface area contributed by atoms with Gasteiger partial charge in [0.15, 0.2) is 0 Å². The van der Waals surface area contributed by atoms with Gasteiger partial charge >= 0.3 is 0 Å². The van der Waals surface area contributed by atoms with Gasteiger partial charge in [0, 0.05) is 7.11 Å². The minimum atomic E-state index is -0.643. The number of fused-ring (bicyclic) bond motifs is 1. The van der Waals surface area contributed by atoms with Gasteiger partial charge in [-0.3, -0.25) is 9.59 Å². The second kappa shape index (κ2) is 7.55. The lowest BCUT2D eigenvalue weighted by Gasteiger charge is -2.24. The third-order valence-corrected chi connectivity index (χ3v) is 4.04. The van der Waals surface area contributed by atoms with Crippen LogP contribution in [0.3, 0.4) is 0 Å². The van der Waals surface area contributed by atoms with Crippen LogP contribution in [0.15, 0.2) is 18.2 Å². The van der Waals surface area contributed by atoms with E-state index < -0.39 is 6.04 Å². The van der Waals surface area contributed by atoms with E-state index >= 15 is 0 Å². The molecule has 0 radical (unpaired) electrons. The Morgan fingerprint density at radius 3 is 2.78 bits per heavy atom. The van der Waals surface area contributed by atoms with E-state index in [1.165, 1.54) is 19.2 Å². The molecule has 2 amide bonds. The smallest absolute Gasteiger partial charge is 0.246 e. The number of amides is 2. The van der Waals surface area contributed by atoms with Crippen molar-refractivity contribution >= 4 is 11.8 Å². The Hall–Kier alpha value is -1.95. The first-order valence-corrected chi connectivity index (χ1v) is 7.79. The summed E-state index contributed by atoms with van der Waals surface area (Å²) in [5, 5.41) is 5.61. The maximum atomic E-state index is 13.4. The molecule has 2 rings (SSSR count). The Kier molecular flexibility index (Phi) is 5.71. The molecule has 126 valence electrons. The molecule has 0 saturated carbocycles. The van der Waals surface area contributed by atoms with Crippen molar-refractivity contribution in [1.82, 2.24) is 10.6 Å². The molecule has 0 heterocycles. The van der Waals surface area contributed by atoms with Crippen LogP contribution >= 0.6 is 0 Å². The molecule has 0 fully saturated rings. The number of methoxy groups -OCH3 is 1. The summed E-state index contributed by atoms with van der Waals surface area (Å²) in [6.07, 6.45) is 1.55. The Balaban J connectivity index is 2.05. The molecule has 5 nitrogen and oxygen atoms in total. The van der Waals surface area contributed by atoms with Crippen molar-refractivity contribution in [3.05, 3.63) is 35.1 Å².